The second-order valence-corrected chi connectivity index (χ2v) is 11.2. The van der Waals surface area contributed by atoms with Crippen molar-refractivity contribution < 1.29 is 18.8 Å². The van der Waals surface area contributed by atoms with Crippen LogP contribution in [0, 0.1) is 23.2 Å². The van der Waals surface area contributed by atoms with E-state index in [4.69, 9.17) is 9.16 Å². The number of hydrogen-bond acceptors (Lipinski definition) is 4. The molecule has 1 heterocycles. The van der Waals surface area contributed by atoms with Crippen LogP contribution in [0.15, 0.2) is 30.3 Å². The zero-order valence-electron chi connectivity index (χ0n) is 17.3. The van der Waals surface area contributed by atoms with Crippen LogP contribution in [0.5, 0.6) is 0 Å². The van der Waals surface area contributed by atoms with Crippen LogP contribution >= 0.6 is 0 Å². The van der Waals surface area contributed by atoms with Gasteiger partial charge in [0.05, 0.1) is 17.9 Å². The van der Waals surface area contributed by atoms with Gasteiger partial charge in [-0.2, -0.15) is 0 Å². The summed E-state index contributed by atoms with van der Waals surface area (Å²) in [6, 6.07) is 9.41. The molecule has 0 aliphatic carbocycles. The summed E-state index contributed by atoms with van der Waals surface area (Å²) in [7, 11) is -1.18. The average Bonchev–Trinajstić information content (AvgIpc) is 2.60. The van der Waals surface area contributed by atoms with Crippen LogP contribution in [0.25, 0.3) is 0 Å². The molecular formula is C21H33NO4Si. The summed E-state index contributed by atoms with van der Waals surface area (Å²) in [6.07, 6.45) is 0. The molecule has 0 bridgehead atoms. The van der Waals surface area contributed by atoms with Crippen molar-refractivity contribution in [3.05, 3.63) is 35.9 Å². The summed E-state index contributed by atoms with van der Waals surface area (Å²) in [5.41, 5.74) is 0.868. The number of ether oxygens (including phenoxy) is 1. The zero-order chi connectivity index (χ0) is 20.2. The van der Waals surface area contributed by atoms with Gasteiger partial charge in [0.2, 0.25) is 5.91 Å². The SMILES string of the molecule is C[C@H](C(=O)OCc1ccccc1)[C@H]1NC(=O)[C@H]1[C@@H](CO[SiH](C)C)C(C)(C)C. The van der Waals surface area contributed by atoms with Gasteiger partial charge >= 0.3 is 5.97 Å². The lowest BCUT2D eigenvalue weighted by molar-refractivity contribution is -0.158. The molecule has 1 amide bonds. The van der Waals surface area contributed by atoms with E-state index in [1.807, 2.05) is 37.3 Å². The summed E-state index contributed by atoms with van der Waals surface area (Å²) in [6.45, 7) is 13.3. The Hall–Kier alpha value is -1.66. The minimum absolute atomic E-state index is 0.0108. The average molecular weight is 392 g/mol. The lowest BCUT2D eigenvalue weighted by atomic mass is 9.65. The van der Waals surface area contributed by atoms with E-state index in [2.05, 4.69) is 39.2 Å². The molecule has 5 nitrogen and oxygen atoms in total. The number of hydrogen-bond donors (Lipinski definition) is 1. The van der Waals surface area contributed by atoms with E-state index >= 15 is 0 Å². The van der Waals surface area contributed by atoms with E-state index in [1.165, 1.54) is 0 Å². The minimum atomic E-state index is -1.18. The maximum Gasteiger partial charge on any atom is 0.311 e. The predicted molar refractivity (Wildman–Crippen MR) is 109 cm³/mol. The summed E-state index contributed by atoms with van der Waals surface area (Å²) < 4.78 is 11.5. The standard InChI is InChI=1S/C21H33NO4Si/c1-14(20(24)25-12-15-10-8-7-9-11-15)18-17(19(23)22-18)16(21(2,3)4)13-26-27(5)6/h7-11,14,16-18,27H,12-13H2,1-6H3,(H,22,23)/t14-,16+,17-,18+/m0/s1. The number of nitrogens with one attached hydrogen (secondary N) is 1. The van der Waals surface area contributed by atoms with Crippen molar-refractivity contribution in [1.29, 1.82) is 0 Å². The Morgan fingerprint density at radius 1 is 1.22 bits per heavy atom. The van der Waals surface area contributed by atoms with Gasteiger partial charge in [-0.15, -0.1) is 0 Å². The van der Waals surface area contributed by atoms with Crippen LogP contribution in [0.4, 0.5) is 0 Å². The quantitative estimate of drug-likeness (QED) is 0.420. The Morgan fingerprint density at radius 2 is 1.85 bits per heavy atom. The number of carbonyl (C=O) groups excluding carboxylic acids is 2. The van der Waals surface area contributed by atoms with Gasteiger partial charge in [0.15, 0.2) is 9.04 Å². The number of β-lactam (4-membered cyclic amide) rings is 1. The second-order valence-electron chi connectivity index (χ2n) is 8.80. The van der Waals surface area contributed by atoms with Crippen molar-refractivity contribution in [3.8, 4) is 0 Å². The topological polar surface area (TPSA) is 64.6 Å². The van der Waals surface area contributed by atoms with E-state index in [0.717, 1.165) is 5.56 Å². The van der Waals surface area contributed by atoms with Gasteiger partial charge < -0.3 is 14.5 Å². The smallest absolute Gasteiger partial charge is 0.311 e. The van der Waals surface area contributed by atoms with E-state index < -0.39 is 15.0 Å². The van der Waals surface area contributed by atoms with Crippen LogP contribution in [0.3, 0.4) is 0 Å². The van der Waals surface area contributed by atoms with Gasteiger partial charge in [0.25, 0.3) is 0 Å². The minimum Gasteiger partial charge on any atom is -0.461 e. The highest BCUT2D eigenvalue weighted by atomic mass is 28.3. The Bertz CT molecular complexity index is 641. The number of amides is 1. The highest BCUT2D eigenvalue weighted by molar-refractivity contribution is 6.48. The number of carbonyl (C=O) groups is 2. The van der Waals surface area contributed by atoms with E-state index in [1.54, 1.807) is 0 Å². The Balaban J connectivity index is 2.02. The largest absolute Gasteiger partial charge is 0.461 e. The van der Waals surface area contributed by atoms with Gasteiger partial charge in [-0.1, -0.05) is 51.1 Å². The Labute approximate surface area is 164 Å². The Kier molecular flexibility index (Phi) is 7.23. The summed E-state index contributed by atoms with van der Waals surface area (Å²) in [4.78, 5) is 24.9. The van der Waals surface area contributed by atoms with Gasteiger partial charge in [-0.3, -0.25) is 9.59 Å². The van der Waals surface area contributed by atoms with Gasteiger partial charge in [-0.25, -0.2) is 0 Å². The van der Waals surface area contributed by atoms with Crippen molar-refractivity contribution in [2.45, 2.75) is 53.4 Å². The molecule has 0 aromatic heterocycles. The van der Waals surface area contributed by atoms with Crippen molar-refractivity contribution in [3.63, 3.8) is 0 Å². The summed E-state index contributed by atoms with van der Waals surface area (Å²) in [5, 5.41) is 2.93. The molecule has 27 heavy (non-hydrogen) atoms. The zero-order valence-corrected chi connectivity index (χ0v) is 18.5. The predicted octanol–water partition coefficient (Wildman–Crippen LogP) is 3.14. The number of benzene rings is 1. The molecular weight excluding hydrogens is 358 g/mol. The molecule has 4 atom stereocenters. The molecule has 1 aliphatic heterocycles. The molecule has 1 N–H and O–H groups in total. The normalized spacial score (nSPS) is 22.0. The van der Waals surface area contributed by atoms with Crippen molar-refractivity contribution in [2.75, 3.05) is 6.61 Å². The highest BCUT2D eigenvalue weighted by Crippen LogP contribution is 2.40. The lowest BCUT2D eigenvalue weighted by Gasteiger charge is -2.48. The molecule has 1 saturated heterocycles. The first-order valence-electron chi connectivity index (χ1n) is 9.73. The van der Waals surface area contributed by atoms with Crippen molar-refractivity contribution >= 4 is 20.9 Å². The van der Waals surface area contributed by atoms with E-state index in [-0.39, 0.29) is 41.8 Å². The molecule has 0 radical (unpaired) electrons. The fourth-order valence-electron chi connectivity index (χ4n) is 3.48. The first-order valence-corrected chi connectivity index (χ1v) is 12.5. The fraction of sp³-hybridized carbons (Fsp3) is 0.619. The molecule has 0 saturated carbocycles. The van der Waals surface area contributed by atoms with Crippen molar-refractivity contribution in [2.24, 2.45) is 23.2 Å². The maximum absolute atomic E-state index is 12.5. The molecule has 0 spiro atoms. The van der Waals surface area contributed by atoms with E-state index in [9.17, 15) is 9.59 Å². The first kappa shape index (κ1) is 21.6. The van der Waals surface area contributed by atoms with Crippen molar-refractivity contribution in [1.82, 2.24) is 5.32 Å². The number of esters is 1. The molecule has 6 heteroatoms. The third kappa shape index (κ3) is 5.66. The molecule has 1 aliphatic rings. The maximum atomic E-state index is 12.5. The van der Waals surface area contributed by atoms with Crippen LogP contribution < -0.4 is 5.32 Å². The van der Waals surface area contributed by atoms with Gasteiger partial charge in [-0.05, 0) is 36.9 Å². The van der Waals surface area contributed by atoms with Crippen LogP contribution in [0.1, 0.15) is 33.3 Å². The van der Waals surface area contributed by atoms with E-state index in [0.29, 0.717) is 6.61 Å². The molecule has 2 rings (SSSR count). The molecule has 1 aromatic rings. The monoisotopic (exact) mass is 391 g/mol. The summed E-state index contributed by atoms with van der Waals surface area (Å²) in [5.74, 6) is -0.817. The van der Waals surface area contributed by atoms with Crippen LogP contribution in [-0.4, -0.2) is 33.6 Å². The highest BCUT2D eigenvalue weighted by Gasteiger charge is 2.51. The van der Waals surface area contributed by atoms with Crippen LogP contribution in [-0.2, 0) is 25.4 Å². The molecule has 0 unspecified atom stereocenters. The lowest BCUT2D eigenvalue weighted by Crippen LogP contribution is -2.66. The molecule has 150 valence electrons. The van der Waals surface area contributed by atoms with Gasteiger partial charge in [0, 0.05) is 6.61 Å². The second kappa shape index (κ2) is 9.02. The number of rotatable bonds is 8. The molecule has 1 fully saturated rings. The summed E-state index contributed by atoms with van der Waals surface area (Å²) >= 11 is 0. The fourth-order valence-corrected chi connectivity index (χ4v) is 4.07. The van der Waals surface area contributed by atoms with Gasteiger partial charge in [0.1, 0.15) is 6.61 Å². The van der Waals surface area contributed by atoms with Crippen LogP contribution in [0.2, 0.25) is 13.1 Å². The third-order valence-electron chi connectivity index (χ3n) is 5.29. The molecule has 1 aromatic carbocycles. The third-order valence-corrected chi connectivity index (χ3v) is 6.15. The first-order chi connectivity index (χ1) is 12.6. The Morgan fingerprint density at radius 3 is 2.37 bits per heavy atom.